The molecular formula is C20H32Cl3N3O2. The van der Waals surface area contributed by atoms with Crippen molar-refractivity contribution in [3.8, 4) is 0 Å². The van der Waals surface area contributed by atoms with Crippen molar-refractivity contribution in [2.24, 2.45) is 5.41 Å². The van der Waals surface area contributed by atoms with Crippen LogP contribution in [0.15, 0.2) is 24.3 Å². The fourth-order valence-electron chi connectivity index (χ4n) is 4.22. The number of nitrogens with one attached hydrogen (secondary N) is 2. The third-order valence-corrected chi connectivity index (χ3v) is 5.97. The normalized spacial score (nSPS) is 19.9. The van der Waals surface area contributed by atoms with Crippen LogP contribution < -0.4 is 10.6 Å². The number of methoxy groups -OCH3 is 1. The Morgan fingerprint density at radius 2 is 1.96 bits per heavy atom. The van der Waals surface area contributed by atoms with Crippen LogP contribution in [-0.4, -0.2) is 57.2 Å². The molecule has 1 atom stereocenters. The van der Waals surface area contributed by atoms with Gasteiger partial charge in [-0.1, -0.05) is 23.7 Å². The summed E-state index contributed by atoms with van der Waals surface area (Å²) in [5.74, 6) is 0.118. The van der Waals surface area contributed by atoms with Gasteiger partial charge < -0.3 is 15.4 Å². The first kappa shape index (κ1) is 25.5. The molecular weight excluding hydrogens is 421 g/mol. The molecule has 28 heavy (non-hydrogen) atoms. The average Bonchev–Trinajstić information content (AvgIpc) is 3.17. The first-order chi connectivity index (χ1) is 12.6. The molecule has 0 radical (unpaired) electrons. The molecule has 2 N–H and O–H groups in total. The number of halogens is 3. The number of likely N-dealkylation sites (tertiary alicyclic amines) is 1. The Kier molecular flexibility index (Phi) is 11.1. The fraction of sp³-hybridized carbons (Fsp3) is 0.650. The summed E-state index contributed by atoms with van der Waals surface area (Å²) in [7, 11) is 1.68. The molecule has 2 saturated heterocycles. The van der Waals surface area contributed by atoms with E-state index in [9.17, 15) is 4.79 Å². The molecule has 2 aliphatic heterocycles. The van der Waals surface area contributed by atoms with E-state index in [4.69, 9.17) is 16.3 Å². The Labute approximate surface area is 185 Å². The molecule has 0 spiro atoms. The maximum Gasteiger partial charge on any atom is 0.228 e. The van der Waals surface area contributed by atoms with Gasteiger partial charge in [-0.3, -0.25) is 9.69 Å². The fourth-order valence-corrected chi connectivity index (χ4v) is 4.42. The van der Waals surface area contributed by atoms with E-state index in [0.29, 0.717) is 13.2 Å². The van der Waals surface area contributed by atoms with Gasteiger partial charge in [0, 0.05) is 18.7 Å². The lowest BCUT2D eigenvalue weighted by molar-refractivity contribution is -0.136. The van der Waals surface area contributed by atoms with Gasteiger partial charge in [0.2, 0.25) is 5.91 Å². The van der Waals surface area contributed by atoms with E-state index in [0.717, 1.165) is 44.0 Å². The van der Waals surface area contributed by atoms with Crippen LogP contribution in [0.25, 0.3) is 0 Å². The third kappa shape index (κ3) is 6.22. The van der Waals surface area contributed by atoms with Crippen molar-refractivity contribution in [3.05, 3.63) is 34.9 Å². The topological polar surface area (TPSA) is 53.6 Å². The molecule has 160 valence electrons. The van der Waals surface area contributed by atoms with Crippen LogP contribution in [0.1, 0.15) is 37.3 Å². The maximum atomic E-state index is 13.1. The molecule has 1 amide bonds. The summed E-state index contributed by atoms with van der Waals surface area (Å²) < 4.78 is 5.40. The van der Waals surface area contributed by atoms with Gasteiger partial charge in [-0.05, 0) is 69.6 Å². The van der Waals surface area contributed by atoms with Crippen LogP contribution in [0.5, 0.6) is 0 Å². The SMILES string of the molecule is COCC1(C(=O)NCC(c2cccc(Cl)c2)N2CCCC2)CCNCC1.Cl.Cl. The van der Waals surface area contributed by atoms with Gasteiger partial charge in [-0.2, -0.15) is 0 Å². The average molecular weight is 453 g/mol. The number of hydrogen-bond acceptors (Lipinski definition) is 4. The second-order valence-corrected chi connectivity index (χ2v) is 7.92. The number of amides is 1. The number of nitrogens with zero attached hydrogens (tertiary/aromatic N) is 1. The van der Waals surface area contributed by atoms with Gasteiger partial charge in [0.15, 0.2) is 0 Å². The van der Waals surface area contributed by atoms with Crippen molar-refractivity contribution in [2.45, 2.75) is 31.7 Å². The minimum atomic E-state index is -0.413. The van der Waals surface area contributed by atoms with Crippen LogP contribution in [0.2, 0.25) is 5.02 Å². The molecule has 3 rings (SSSR count). The lowest BCUT2D eigenvalue weighted by Gasteiger charge is -2.36. The summed E-state index contributed by atoms with van der Waals surface area (Å²) in [6.07, 6.45) is 4.06. The second kappa shape index (κ2) is 12.2. The molecule has 2 heterocycles. The monoisotopic (exact) mass is 451 g/mol. The number of piperidine rings is 1. The first-order valence-electron chi connectivity index (χ1n) is 9.62. The third-order valence-electron chi connectivity index (χ3n) is 5.73. The van der Waals surface area contributed by atoms with Gasteiger partial charge >= 0.3 is 0 Å². The van der Waals surface area contributed by atoms with Gasteiger partial charge in [0.05, 0.1) is 18.1 Å². The van der Waals surface area contributed by atoms with Crippen molar-refractivity contribution in [1.29, 1.82) is 0 Å². The predicted molar refractivity (Wildman–Crippen MR) is 119 cm³/mol. The summed E-state index contributed by atoms with van der Waals surface area (Å²) >= 11 is 6.21. The minimum absolute atomic E-state index is 0. The lowest BCUT2D eigenvalue weighted by Crippen LogP contribution is -2.51. The molecule has 5 nitrogen and oxygen atoms in total. The molecule has 1 aromatic rings. The minimum Gasteiger partial charge on any atom is -0.384 e. The molecule has 8 heteroatoms. The van der Waals surface area contributed by atoms with Crippen LogP contribution in [0.3, 0.4) is 0 Å². The van der Waals surface area contributed by atoms with Gasteiger partial charge in [-0.15, -0.1) is 24.8 Å². The summed E-state index contributed by atoms with van der Waals surface area (Å²) in [5.41, 5.74) is 0.759. The number of rotatable bonds is 7. The van der Waals surface area contributed by atoms with E-state index in [-0.39, 0.29) is 36.8 Å². The second-order valence-electron chi connectivity index (χ2n) is 7.49. The van der Waals surface area contributed by atoms with E-state index < -0.39 is 5.41 Å². The molecule has 0 bridgehead atoms. The lowest BCUT2D eigenvalue weighted by atomic mass is 9.78. The standard InChI is InChI=1S/C20H30ClN3O2.2ClH/c1-26-15-20(7-9-22-10-8-20)19(25)23-14-18(24-11-2-3-12-24)16-5-4-6-17(21)13-16;;/h4-6,13,18,22H,2-3,7-12,14-15H2,1H3,(H,23,25);2*1H. The van der Waals surface area contributed by atoms with E-state index in [1.807, 2.05) is 18.2 Å². The summed E-state index contributed by atoms with van der Waals surface area (Å²) in [5, 5.41) is 7.32. The van der Waals surface area contributed by atoms with Crippen molar-refractivity contribution in [1.82, 2.24) is 15.5 Å². The van der Waals surface area contributed by atoms with Crippen LogP contribution in [0, 0.1) is 5.41 Å². The Hall–Kier alpha value is -0.560. The van der Waals surface area contributed by atoms with Crippen molar-refractivity contribution in [2.75, 3.05) is 46.4 Å². The van der Waals surface area contributed by atoms with Crippen LogP contribution in [-0.2, 0) is 9.53 Å². The highest BCUT2D eigenvalue weighted by Gasteiger charge is 2.40. The summed E-state index contributed by atoms with van der Waals surface area (Å²) in [6, 6.07) is 8.18. The molecule has 0 aliphatic carbocycles. The van der Waals surface area contributed by atoms with E-state index in [1.54, 1.807) is 7.11 Å². The van der Waals surface area contributed by atoms with Crippen molar-refractivity contribution in [3.63, 3.8) is 0 Å². The maximum absolute atomic E-state index is 13.1. The number of hydrogen-bond donors (Lipinski definition) is 2. The molecule has 2 aliphatic rings. The highest BCUT2D eigenvalue weighted by atomic mass is 35.5. The zero-order chi connectivity index (χ0) is 18.4. The smallest absolute Gasteiger partial charge is 0.228 e. The van der Waals surface area contributed by atoms with Crippen molar-refractivity contribution < 1.29 is 9.53 Å². The quantitative estimate of drug-likeness (QED) is 0.665. The van der Waals surface area contributed by atoms with Gasteiger partial charge in [0.1, 0.15) is 0 Å². The Morgan fingerprint density at radius 1 is 1.29 bits per heavy atom. The zero-order valence-corrected chi connectivity index (χ0v) is 18.8. The number of carbonyl (C=O) groups excluding carboxylic acids is 1. The van der Waals surface area contributed by atoms with Crippen LogP contribution >= 0.6 is 36.4 Å². The van der Waals surface area contributed by atoms with E-state index >= 15 is 0 Å². The highest BCUT2D eigenvalue weighted by Crippen LogP contribution is 2.31. The zero-order valence-electron chi connectivity index (χ0n) is 16.4. The Bertz CT molecular complexity index is 601. The van der Waals surface area contributed by atoms with Crippen LogP contribution in [0.4, 0.5) is 0 Å². The van der Waals surface area contributed by atoms with Crippen molar-refractivity contribution >= 4 is 42.3 Å². The number of carbonyl (C=O) groups is 1. The predicted octanol–water partition coefficient (Wildman–Crippen LogP) is 3.45. The highest BCUT2D eigenvalue weighted by molar-refractivity contribution is 6.30. The number of ether oxygens (including phenoxy) is 1. The summed E-state index contributed by atoms with van der Waals surface area (Å²) in [6.45, 7) is 4.95. The number of benzene rings is 1. The molecule has 0 saturated carbocycles. The Morgan fingerprint density at radius 3 is 2.57 bits per heavy atom. The van der Waals surface area contributed by atoms with Gasteiger partial charge in [-0.25, -0.2) is 0 Å². The molecule has 1 aromatic carbocycles. The molecule has 1 unspecified atom stereocenters. The molecule has 0 aromatic heterocycles. The van der Waals surface area contributed by atoms with Gasteiger partial charge in [0.25, 0.3) is 0 Å². The van der Waals surface area contributed by atoms with E-state index in [2.05, 4.69) is 21.6 Å². The largest absolute Gasteiger partial charge is 0.384 e. The van der Waals surface area contributed by atoms with E-state index in [1.165, 1.54) is 18.4 Å². The Balaban J connectivity index is 0.00000196. The summed E-state index contributed by atoms with van der Waals surface area (Å²) in [4.78, 5) is 15.5. The first-order valence-corrected chi connectivity index (χ1v) is 10.00. The molecule has 2 fully saturated rings.